The monoisotopic (exact) mass is 557 g/mol. The molecule has 3 aromatic rings. The maximum atomic E-state index is 13.0. The molecule has 0 saturated carbocycles. The van der Waals surface area contributed by atoms with Gasteiger partial charge in [-0.15, -0.1) is 0 Å². The number of amides is 1. The van der Waals surface area contributed by atoms with Crippen LogP contribution in [-0.4, -0.2) is 60.5 Å². The Bertz CT molecular complexity index is 1350. The molecule has 3 heterocycles. The van der Waals surface area contributed by atoms with Gasteiger partial charge in [0.1, 0.15) is 0 Å². The first kappa shape index (κ1) is 27.5. The highest BCUT2D eigenvalue weighted by atomic mass is 28.3. The summed E-state index contributed by atoms with van der Waals surface area (Å²) < 4.78 is 33.6. The molecule has 1 amide bonds. The Morgan fingerprint density at radius 1 is 0.895 bits per heavy atom. The van der Waals surface area contributed by atoms with E-state index in [-0.39, 0.29) is 35.2 Å². The quantitative estimate of drug-likeness (QED) is 0.405. The lowest BCUT2D eigenvalue weighted by Crippen LogP contribution is -2.63. The zero-order chi connectivity index (χ0) is 27.8. The standard InChI is InChI=1S/C26H35N3O7Si2/c1-15-14-17-22(38(8,9)13-12-37(17,6)7)21(31-2)20(15)36-18-11-10-16(35-18)23(30)27-19-24(32-3)28-26(34-5)29-25(19)33-4/h10-11,14H,12-13H2,1-9H3,(H,27,30). The van der Waals surface area contributed by atoms with Gasteiger partial charge in [-0.25, -0.2) is 0 Å². The first-order valence-corrected chi connectivity index (χ1v) is 18.7. The number of anilines is 1. The van der Waals surface area contributed by atoms with Crippen LogP contribution >= 0.6 is 0 Å². The highest BCUT2D eigenvalue weighted by Gasteiger charge is 2.43. The summed E-state index contributed by atoms with van der Waals surface area (Å²) >= 11 is 0. The number of benzene rings is 1. The molecule has 4 rings (SSSR count). The molecule has 1 N–H and O–H groups in total. The number of hydrogen-bond acceptors (Lipinski definition) is 9. The number of furan rings is 1. The lowest BCUT2D eigenvalue weighted by molar-refractivity contribution is 0.0990. The topological polar surface area (TPSA) is 114 Å². The van der Waals surface area contributed by atoms with Crippen LogP contribution in [-0.2, 0) is 0 Å². The number of rotatable bonds is 8. The van der Waals surface area contributed by atoms with Crippen LogP contribution in [0.15, 0.2) is 22.6 Å². The second-order valence-electron chi connectivity index (χ2n) is 10.5. The van der Waals surface area contributed by atoms with Crippen molar-refractivity contribution in [3.8, 4) is 35.2 Å². The molecule has 12 heteroatoms. The molecular formula is C26H35N3O7Si2. The fourth-order valence-electron chi connectivity index (χ4n) is 4.85. The third kappa shape index (κ3) is 4.97. The lowest BCUT2D eigenvalue weighted by atomic mass is 10.2. The summed E-state index contributed by atoms with van der Waals surface area (Å²) in [6, 6.07) is 7.96. The number of carbonyl (C=O) groups excluding carboxylic acids is 1. The van der Waals surface area contributed by atoms with Gasteiger partial charge >= 0.3 is 6.01 Å². The van der Waals surface area contributed by atoms with Gasteiger partial charge in [0.05, 0.1) is 44.6 Å². The predicted octanol–water partition coefficient (Wildman–Crippen LogP) is 4.30. The molecule has 1 aliphatic heterocycles. The summed E-state index contributed by atoms with van der Waals surface area (Å²) in [5.74, 6) is 1.21. The predicted molar refractivity (Wildman–Crippen MR) is 150 cm³/mol. The van der Waals surface area contributed by atoms with Crippen LogP contribution in [0.4, 0.5) is 5.69 Å². The third-order valence-electron chi connectivity index (χ3n) is 7.04. The Labute approximate surface area is 224 Å². The van der Waals surface area contributed by atoms with Crippen LogP contribution in [0.3, 0.4) is 0 Å². The number of aryl methyl sites for hydroxylation is 1. The molecular weight excluding hydrogens is 522 g/mol. The van der Waals surface area contributed by atoms with Crippen LogP contribution < -0.4 is 39.4 Å². The van der Waals surface area contributed by atoms with Gasteiger partial charge in [-0.3, -0.25) is 4.79 Å². The molecule has 0 radical (unpaired) electrons. The zero-order valence-corrected chi connectivity index (χ0v) is 25.4. The van der Waals surface area contributed by atoms with Gasteiger partial charge in [0.2, 0.25) is 11.8 Å². The van der Waals surface area contributed by atoms with Gasteiger partial charge in [0.15, 0.2) is 22.9 Å². The van der Waals surface area contributed by atoms with Gasteiger partial charge in [-0.1, -0.05) is 49.5 Å². The van der Waals surface area contributed by atoms with E-state index in [0.29, 0.717) is 5.75 Å². The minimum atomic E-state index is -1.73. The van der Waals surface area contributed by atoms with Crippen molar-refractivity contribution in [3.63, 3.8) is 0 Å². The summed E-state index contributed by atoms with van der Waals surface area (Å²) in [4.78, 5) is 21.2. The van der Waals surface area contributed by atoms with E-state index in [1.54, 1.807) is 13.2 Å². The number of carbonyl (C=O) groups is 1. The van der Waals surface area contributed by atoms with Crippen molar-refractivity contribution in [2.75, 3.05) is 33.8 Å². The second-order valence-corrected chi connectivity index (χ2v) is 20.1. The lowest BCUT2D eigenvalue weighted by Gasteiger charge is -2.41. The highest BCUT2D eigenvalue weighted by Crippen LogP contribution is 2.39. The van der Waals surface area contributed by atoms with Gasteiger partial charge in [0.25, 0.3) is 11.9 Å². The molecule has 10 nitrogen and oxygen atoms in total. The summed E-state index contributed by atoms with van der Waals surface area (Å²) in [6.07, 6.45) is 0. The minimum absolute atomic E-state index is 0.0257. The van der Waals surface area contributed by atoms with Crippen molar-refractivity contribution in [2.24, 2.45) is 0 Å². The number of methoxy groups -OCH3 is 4. The van der Waals surface area contributed by atoms with Crippen molar-refractivity contribution in [1.29, 1.82) is 0 Å². The molecule has 2 aromatic heterocycles. The van der Waals surface area contributed by atoms with E-state index >= 15 is 0 Å². The van der Waals surface area contributed by atoms with Crippen LogP contribution in [0.5, 0.6) is 35.2 Å². The smallest absolute Gasteiger partial charge is 0.322 e. The van der Waals surface area contributed by atoms with Crippen LogP contribution in [0.1, 0.15) is 16.1 Å². The second kappa shape index (κ2) is 10.3. The van der Waals surface area contributed by atoms with E-state index in [2.05, 4.69) is 47.5 Å². The molecule has 1 aromatic carbocycles. The Kier molecular flexibility index (Phi) is 7.48. The third-order valence-corrected chi connectivity index (χ3v) is 14.5. The van der Waals surface area contributed by atoms with Gasteiger partial charge in [-0.05, 0) is 23.7 Å². The molecule has 0 aliphatic carbocycles. The minimum Gasteiger partial charge on any atom is -0.493 e. The van der Waals surface area contributed by atoms with Crippen molar-refractivity contribution in [3.05, 3.63) is 29.5 Å². The summed E-state index contributed by atoms with van der Waals surface area (Å²) in [5.41, 5.74) is 1.12. The highest BCUT2D eigenvalue weighted by molar-refractivity contribution is 7.03. The molecule has 0 atom stereocenters. The molecule has 0 fully saturated rings. The fraction of sp³-hybridized carbons (Fsp3) is 0.423. The van der Waals surface area contributed by atoms with E-state index in [4.69, 9.17) is 28.1 Å². The SMILES string of the molecule is COc1nc(OC)c(NC(=O)c2ccc(Oc3c(C)cc4c(c3OC)[Si](C)(C)CC[Si]4(C)C)o2)c(OC)n1. The van der Waals surface area contributed by atoms with Gasteiger partial charge in [0, 0.05) is 6.07 Å². The molecule has 38 heavy (non-hydrogen) atoms. The maximum absolute atomic E-state index is 13.0. The molecule has 0 spiro atoms. The molecule has 0 bridgehead atoms. The van der Waals surface area contributed by atoms with E-state index in [9.17, 15) is 4.79 Å². The van der Waals surface area contributed by atoms with Crippen LogP contribution in [0.2, 0.25) is 38.3 Å². The van der Waals surface area contributed by atoms with Gasteiger partial charge in [-0.2, -0.15) is 9.97 Å². The summed E-state index contributed by atoms with van der Waals surface area (Å²) in [5, 5.41) is 5.49. The summed E-state index contributed by atoms with van der Waals surface area (Å²) in [7, 11) is 2.63. The molecule has 204 valence electrons. The number of nitrogens with one attached hydrogen (secondary N) is 1. The van der Waals surface area contributed by atoms with Crippen molar-refractivity contribution >= 4 is 38.1 Å². The Morgan fingerprint density at radius 3 is 2.11 bits per heavy atom. The molecule has 0 unspecified atom stereocenters. The largest absolute Gasteiger partial charge is 0.493 e. The Balaban J connectivity index is 1.65. The maximum Gasteiger partial charge on any atom is 0.322 e. The Hall–Kier alpha value is -3.52. The first-order valence-electron chi connectivity index (χ1n) is 12.3. The average molecular weight is 558 g/mol. The van der Waals surface area contributed by atoms with E-state index in [1.165, 1.54) is 49.9 Å². The van der Waals surface area contributed by atoms with E-state index in [1.807, 2.05) is 6.92 Å². The zero-order valence-electron chi connectivity index (χ0n) is 23.4. The summed E-state index contributed by atoms with van der Waals surface area (Å²) in [6.45, 7) is 11.6. The Morgan fingerprint density at radius 2 is 1.53 bits per heavy atom. The van der Waals surface area contributed by atoms with E-state index in [0.717, 1.165) is 11.3 Å². The number of hydrogen-bond donors (Lipinski definition) is 1. The normalized spacial score (nSPS) is 15.3. The molecule has 0 saturated heterocycles. The number of aromatic nitrogens is 2. The van der Waals surface area contributed by atoms with Crippen molar-refractivity contribution in [2.45, 2.75) is 45.2 Å². The van der Waals surface area contributed by atoms with E-state index < -0.39 is 22.1 Å². The number of nitrogens with zero attached hydrogens (tertiary/aromatic N) is 2. The number of fused-ring (bicyclic) bond motifs is 1. The first-order chi connectivity index (χ1) is 17.9. The van der Waals surface area contributed by atoms with Crippen molar-refractivity contribution in [1.82, 2.24) is 9.97 Å². The van der Waals surface area contributed by atoms with Crippen molar-refractivity contribution < 1.29 is 32.9 Å². The number of ether oxygens (including phenoxy) is 5. The fourth-order valence-corrected chi connectivity index (χ4v) is 15.4. The average Bonchev–Trinajstić information content (AvgIpc) is 3.36. The van der Waals surface area contributed by atoms with Crippen LogP contribution in [0, 0.1) is 6.92 Å². The molecule has 1 aliphatic rings. The van der Waals surface area contributed by atoms with Gasteiger partial charge < -0.3 is 33.4 Å². The van der Waals surface area contributed by atoms with Crippen LogP contribution in [0.25, 0.3) is 0 Å².